The van der Waals surface area contributed by atoms with E-state index in [0.717, 1.165) is 42.7 Å². The summed E-state index contributed by atoms with van der Waals surface area (Å²) in [5, 5.41) is 24.4. The third-order valence-corrected chi connectivity index (χ3v) is 6.93. The first-order valence-electron chi connectivity index (χ1n) is 12.2. The first-order chi connectivity index (χ1) is 16.8. The first-order valence-corrected chi connectivity index (χ1v) is 12.2. The summed E-state index contributed by atoms with van der Waals surface area (Å²) in [5.41, 5.74) is 3.43. The van der Waals surface area contributed by atoms with Crippen molar-refractivity contribution in [3.63, 3.8) is 0 Å². The molecule has 5 rings (SSSR count). The highest BCUT2D eigenvalue weighted by Gasteiger charge is 2.30. The molecule has 4 heterocycles. The number of ether oxygens (including phenoxy) is 1. The molecule has 1 aromatic carbocycles. The Bertz CT molecular complexity index is 1230. The van der Waals surface area contributed by atoms with Crippen LogP contribution >= 0.6 is 0 Å². The van der Waals surface area contributed by atoms with Crippen LogP contribution in [-0.4, -0.2) is 85.9 Å². The molecule has 1 atom stereocenters. The number of hydrogen-bond acceptors (Lipinski definition) is 7. The lowest BCUT2D eigenvalue weighted by Gasteiger charge is -2.40. The molecule has 1 amide bonds. The molecule has 0 bridgehead atoms. The molecule has 0 aliphatic carbocycles. The monoisotopic (exact) mass is 480 g/mol. The molecule has 10 nitrogen and oxygen atoms in total. The quantitative estimate of drug-likeness (QED) is 0.553. The number of amides is 1. The smallest absolute Gasteiger partial charge is 0.407 e. The van der Waals surface area contributed by atoms with Gasteiger partial charge < -0.3 is 24.7 Å². The van der Waals surface area contributed by atoms with Gasteiger partial charge >= 0.3 is 6.09 Å². The molecular formula is C25H32N6O4. The van der Waals surface area contributed by atoms with Gasteiger partial charge in [0, 0.05) is 37.6 Å². The Kier molecular flexibility index (Phi) is 6.33. The van der Waals surface area contributed by atoms with Gasteiger partial charge in [0.1, 0.15) is 11.6 Å². The summed E-state index contributed by atoms with van der Waals surface area (Å²) in [6, 6.07) is 6.31. The predicted octanol–water partition coefficient (Wildman–Crippen LogP) is 2.88. The molecule has 0 spiro atoms. The van der Waals surface area contributed by atoms with Gasteiger partial charge in [0.15, 0.2) is 5.82 Å². The zero-order chi connectivity index (χ0) is 24.7. The van der Waals surface area contributed by atoms with Crippen LogP contribution in [0.1, 0.15) is 42.6 Å². The van der Waals surface area contributed by atoms with E-state index in [1.54, 1.807) is 6.92 Å². The van der Waals surface area contributed by atoms with Crippen LogP contribution in [0, 0.1) is 13.8 Å². The van der Waals surface area contributed by atoms with E-state index in [-0.39, 0.29) is 6.10 Å². The number of carbonyl (C=O) groups is 1. The number of nitrogens with zero attached hydrogens (tertiary/aromatic N) is 6. The second kappa shape index (κ2) is 9.43. The zero-order valence-corrected chi connectivity index (χ0v) is 20.4. The number of likely N-dealkylation sites (tertiary alicyclic amines) is 1. The van der Waals surface area contributed by atoms with Crippen molar-refractivity contribution in [2.24, 2.45) is 0 Å². The van der Waals surface area contributed by atoms with Crippen molar-refractivity contribution in [2.75, 3.05) is 37.7 Å². The summed E-state index contributed by atoms with van der Waals surface area (Å²) in [5.74, 6) is 2.54. The molecule has 1 unspecified atom stereocenters. The van der Waals surface area contributed by atoms with Crippen molar-refractivity contribution in [1.82, 2.24) is 24.6 Å². The molecule has 2 N–H and O–H groups in total. The topological polar surface area (TPSA) is 117 Å². The van der Waals surface area contributed by atoms with E-state index in [1.165, 1.54) is 16.0 Å². The maximum absolute atomic E-state index is 11.3. The van der Waals surface area contributed by atoms with E-state index in [9.17, 15) is 15.0 Å². The lowest BCUT2D eigenvalue weighted by Crippen LogP contribution is -2.53. The van der Waals surface area contributed by atoms with Gasteiger partial charge in [0.2, 0.25) is 0 Å². The minimum atomic E-state index is -0.841. The Morgan fingerprint density at radius 2 is 1.86 bits per heavy atom. The zero-order valence-electron chi connectivity index (χ0n) is 20.4. The lowest BCUT2D eigenvalue weighted by molar-refractivity contribution is -0.0145. The van der Waals surface area contributed by atoms with E-state index in [0.29, 0.717) is 37.3 Å². The van der Waals surface area contributed by atoms with Gasteiger partial charge in [-0.2, -0.15) is 5.10 Å². The number of hydrogen-bond donors (Lipinski definition) is 2. The summed E-state index contributed by atoms with van der Waals surface area (Å²) in [6.07, 6.45) is 2.27. The molecular weight excluding hydrogens is 448 g/mol. The molecule has 35 heavy (non-hydrogen) atoms. The Morgan fingerprint density at radius 1 is 1.14 bits per heavy atom. The average molecular weight is 481 g/mol. The average Bonchev–Trinajstić information content (AvgIpc) is 3.19. The number of anilines is 1. The Morgan fingerprint density at radius 3 is 2.54 bits per heavy atom. The number of rotatable bonds is 6. The van der Waals surface area contributed by atoms with E-state index >= 15 is 0 Å². The van der Waals surface area contributed by atoms with Gasteiger partial charge in [-0.3, -0.25) is 0 Å². The number of fused-ring (bicyclic) bond motifs is 1. The number of aryl methyl sites for hydroxylation is 2. The van der Waals surface area contributed by atoms with Crippen LogP contribution in [-0.2, 0) is 4.74 Å². The number of aliphatic hydroxyl groups is 1. The van der Waals surface area contributed by atoms with E-state index < -0.39 is 12.2 Å². The van der Waals surface area contributed by atoms with Crippen molar-refractivity contribution >= 4 is 22.8 Å². The molecule has 0 saturated carbocycles. The summed E-state index contributed by atoms with van der Waals surface area (Å²) in [7, 11) is 0. The van der Waals surface area contributed by atoms with Crippen molar-refractivity contribution in [3.8, 4) is 5.82 Å². The van der Waals surface area contributed by atoms with Gasteiger partial charge in [-0.1, -0.05) is 0 Å². The number of piperidine rings is 1. The Hall–Kier alpha value is -3.24. The predicted molar refractivity (Wildman–Crippen MR) is 131 cm³/mol. The third-order valence-electron chi connectivity index (χ3n) is 6.93. The fraction of sp³-hybridized carbons (Fsp3) is 0.520. The SMILES string of the molecule is Cc1nc(N2CC(OCC(C)O)C2)cc(-n2ncc3cc(C)c(C4CCN(C(=O)O)CC4)cc32)n1. The van der Waals surface area contributed by atoms with E-state index in [1.807, 2.05) is 23.9 Å². The van der Waals surface area contributed by atoms with Gasteiger partial charge in [0.25, 0.3) is 0 Å². The summed E-state index contributed by atoms with van der Waals surface area (Å²) in [4.78, 5) is 24.2. The molecule has 2 aliphatic heterocycles. The standard InChI is InChI=1S/C25H32N6O4/c1-15-8-19-11-26-31(22(19)9-21(15)18-4-6-29(7-5-18)25(33)34)24-10-23(27-17(3)28-24)30-12-20(13-30)35-14-16(2)32/h8-11,16,18,20,32H,4-7,12-14H2,1-3H3,(H,33,34). The van der Waals surface area contributed by atoms with Gasteiger partial charge in [0.05, 0.1) is 30.5 Å². The van der Waals surface area contributed by atoms with Crippen LogP contribution in [0.15, 0.2) is 24.4 Å². The first kappa shape index (κ1) is 23.5. The fourth-order valence-corrected chi connectivity index (χ4v) is 5.02. The van der Waals surface area contributed by atoms with Gasteiger partial charge in [-0.05, 0) is 62.8 Å². The number of benzene rings is 1. The normalized spacial score (nSPS) is 18.2. The Balaban J connectivity index is 1.39. The van der Waals surface area contributed by atoms with Crippen molar-refractivity contribution < 1.29 is 19.7 Å². The highest BCUT2D eigenvalue weighted by molar-refractivity contribution is 5.82. The molecule has 0 radical (unpaired) electrons. The highest BCUT2D eigenvalue weighted by Crippen LogP contribution is 2.33. The van der Waals surface area contributed by atoms with Crippen molar-refractivity contribution in [3.05, 3.63) is 41.3 Å². The summed E-state index contributed by atoms with van der Waals surface area (Å²) < 4.78 is 7.56. The number of carboxylic acid groups (broad SMARTS) is 1. The van der Waals surface area contributed by atoms with Crippen LogP contribution in [0.5, 0.6) is 0 Å². The maximum atomic E-state index is 11.3. The van der Waals surface area contributed by atoms with Crippen LogP contribution in [0.3, 0.4) is 0 Å². The molecule has 186 valence electrons. The van der Waals surface area contributed by atoms with E-state index in [4.69, 9.17) is 4.74 Å². The van der Waals surface area contributed by atoms with Crippen LogP contribution in [0.2, 0.25) is 0 Å². The fourth-order valence-electron chi connectivity index (χ4n) is 5.02. The van der Waals surface area contributed by atoms with Crippen LogP contribution < -0.4 is 4.90 Å². The summed E-state index contributed by atoms with van der Waals surface area (Å²) in [6.45, 7) is 8.61. The minimum Gasteiger partial charge on any atom is -0.465 e. The van der Waals surface area contributed by atoms with Gasteiger partial charge in [-0.15, -0.1) is 0 Å². The van der Waals surface area contributed by atoms with E-state index in [2.05, 4.69) is 39.0 Å². The molecule has 2 saturated heterocycles. The third kappa shape index (κ3) is 4.81. The lowest BCUT2D eigenvalue weighted by atomic mass is 9.86. The minimum absolute atomic E-state index is 0.0898. The van der Waals surface area contributed by atoms with Gasteiger partial charge in [-0.25, -0.2) is 19.4 Å². The number of aromatic nitrogens is 4. The molecule has 3 aromatic rings. The molecule has 2 aromatic heterocycles. The summed E-state index contributed by atoms with van der Waals surface area (Å²) >= 11 is 0. The second-order valence-electron chi connectivity index (χ2n) is 9.71. The number of aliphatic hydroxyl groups excluding tert-OH is 1. The highest BCUT2D eigenvalue weighted by atomic mass is 16.5. The largest absolute Gasteiger partial charge is 0.465 e. The second-order valence-corrected chi connectivity index (χ2v) is 9.71. The van der Waals surface area contributed by atoms with Crippen LogP contribution in [0.4, 0.5) is 10.6 Å². The molecule has 2 fully saturated rings. The maximum Gasteiger partial charge on any atom is 0.407 e. The molecule has 10 heteroatoms. The van der Waals surface area contributed by atoms with Crippen LogP contribution in [0.25, 0.3) is 16.7 Å². The van der Waals surface area contributed by atoms with Crippen molar-refractivity contribution in [2.45, 2.75) is 51.7 Å². The molecule has 2 aliphatic rings. The van der Waals surface area contributed by atoms with Crippen molar-refractivity contribution in [1.29, 1.82) is 0 Å². The Labute approximate surface area is 204 Å².